The Balaban J connectivity index is 1.21. The van der Waals surface area contributed by atoms with E-state index < -0.39 is 0 Å². The molecule has 0 spiro atoms. The first-order chi connectivity index (χ1) is 26.9. The van der Waals surface area contributed by atoms with E-state index in [1.54, 1.807) is 0 Å². The monoisotopic (exact) mass is 730 g/mol. The zero-order valence-corrected chi connectivity index (χ0v) is 33.9. The van der Waals surface area contributed by atoms with Crippen molar-refractivity contribution < 1.29 is 0 Å². The molecule has 0 radical (unpaired) electrons. The van der Waals surface area contributed by atoms with Gasteiger partial charge in [0.1, 0.15) is 5.66 Å². The molecule has 2 atom stereocenters. The lowest BCUT2D eigenvalue weighted by Gasteiger charge is -2.51. The number of rotatable bonds is 3. The van der Waals surface area contributed by atoms with Gasteiger partial charge in [-0.05, 0) is 127 Å². The van der Waals surface area contributed by atoms with Crippen LogP contribution in [0.4, 0.5) is 51.2 Å². The van der Waals surface area contributed by atoms with E-state index in [0.29, 0.717) is 0 Å². The standard InChI is InChI=1S/C51H51BN4/c1-48(2,3)34-31-44-46-45(32-34)56-47-40(24-18-26-42(47)54(49(56,4)5)36-21-12-9-13-22-36)52(46)39-28-27-37(33-43(39)53(44)35-19-10-8-11-20-35)55-41-25-15-14-23-38(41)50(6)29-16-17-30-51(50,55)7/h8-15,18-28,31-33H,16-17,29-30H2,1-7H3. The van der Waals surface area contributed by atoms with E-state index in [2.05, 4.69) is 202 Å². The smallest absolute Gasteiger partial charge is 0.252 e. The maximum Gasteiger partial charge on any atom is 0.252 e. The number of nitrogens with zero attached hydrogens (tertiary/aromatic N) is 4. The molecule has 4 nitrogen and oxygen atoms in total. The van der Waals surface area contributed by atoms with Crippen molar-refractivity contribution in [3.05, 3.63) is 145 Å². The Morgan fingerprint density at radius 3 is 1.93 bits per heavy atom. The van der Waals surface area contributed by atoms with Crippen LogP contribution in [0.3, 0.4) is 0 Å². The third-order valence-electron chi connectivity index (χ3n) is 14.6. The molecule has 1 aliphatic carbocycles. The number of para-hydroxylation sites is 4. The second-order valence-electron chi connectivity index (χ2n) is 18.9. The molecule has 6 aromatic carbocycles. The minimum absolute atomic E-state index is 0.0159. The molecule has 4 heterocycles. The predicted molar refractivity (Wildman–Crippen MR) is 239 cm³/mol. The molecule has 5 aliphatic rings. The Hall–Kier alpha value is -5.42. The summed E-state index contributed by atoms with van der Waals surface area (Å²) in [4.78, 5) is 10.6. The zero-order valence-electron chi connectivity index (χ0n) is 33.9. The van der Waals surface area contributed by atoms with Crippen molar-refractivity contribution >= 4 is 74.3 Å². The first kappa shape index (κ1) is 33.9. The SMILES string of the molecule is CC(C)(C)c1cc2c3c(c1)N1c4c(cccc4N(c4ccccc4)C1(C)C)B3c1ccc(N3c4ccccc4C4(C)CCCCC34C)cc1N2c1ccccc1. The molecule has 0 amide bonds. The first-order valence-electron chi connectivity index (χ1n) is 20.8. The largest absolute Gasteiger partial charge is 0.334 e. The number of fused-ring (bicyclic) bond motifs is 7. The highest BCUT2D eigenvalue weighted by atomic mass is 15.5. The molecule has 278 valence electrons. The van der Waals surface area contributed by atoms with Crippen LogP contribution in [0, 0.1) is 0 Å². The van der Waals surface area contributed by atoms with E-state index in [0.717, 1.165) is 0 Å². The third-order valence-corrected chi connectivity index (χ3v) is 14.6. The summed E-state index contributed by atoms with van der Waals surface area (Å²) in [5.41, 5.74) is 18.2. The summed E-state index contributed by atoms with van der Waals surface area (Å²) in [6, 6.07) is 50.9. The van der Waals surface area contributed by atoms with Gasteiger partial charge < -0.3 is 19.6 Å². The number of anilines is 9. The quantitative estimate of drug-likeness (QED) is 0.168. The molecule has 0 aromatic heterocycles. The van der Waals surface area contributed by atoms with E-state index in [4.69, 9.17) is 0 Å². The Morgan fingerprint density at radius 1 is 0.518 bits per heavy atom. The van der Waals surface area contributed by atoms with Crippen molar-refractivity contribution in [1.29, 1.82) is 0 Å². The average molecular weight is 731 g/mol. The van der Waals surface area contributed by atoms with Gasteiger partial charge in [0.05, 0.1) is 16.9 Å². The van der Waals surface area contributed by atoms with Crippen LogP contribution in [-0.4, -0.2) is 17.9 Å². The molecule has 0 saturated heterocycles. The van der Waals surface area contributed by atoms with E-state index >= 15 is 0 Å². The molecule has 1 saturated carbocycles. The van der Waals surface area contributed by atoms with Crippen molar-refractivity contribution in [1.82, 2.24) is 0 Å². The van der Waals surface area contributed by atoms with Crippen LogP contribution in [-0.2, 0) is 10.8 Å². The van der Waals surface area contributed by atoms with E-state index in [9.17, 15) is 0 Å². The third kappa shape index (κ3) is 4.27. The maximum atomic E-state index is 2.74. The van der Waals surface area contributed by atoms with Gasteiger partial charge in [0.2, 0.25) is 0 Å². The second-order valence-corrected chi connectivity index (χ2v) is 18.9. The van der Waals surface area contributed by atoms with Crippen LogP contribution >= 0.6 is 0 Å². The van der Waals surface area contributed by atoms with E-state index in [1.807, 2.05) is 0 Å². The van der Waals surface area contributed by atoms with Gasteiger partial charge >= 0.3 is 0 Å². The molecule has 2 unspecified atom stereocenters. The van der Waals surface area contributed by atoms with Crippen molar-refractivity contribution in [2.24, 2.45) is 0 Å². The molecule has 4 aliphatic heterocycles. The van der Waals surface area contributed by atoms with Crippen LogP contribution < -0.4 is 36.0 Å². The Labute approximate surface area is 333 Å². The highest BCUT2D eigenvalue weighted by Crippen LogP contribution is 2.61. The van der Waals surface area contributed by atoms with Crippen LogP contribution in [0.25, 0.3) is 0 Å². The Bertz CT molecular complexity index is 2570. The fraction of sp³-hybridized carbons (Fsp3) is 0.294. The van der Waals surface area contributed by atoms with Gasteiger partial charge in [0, 0.05) is 45.2 Å². The fourth-order valence-electron chi connectivity index (χ4n) is 11.7. The average Bonchev–Trinajstić information content (AvgIpc) is 3.57. The summed E-state index contributed by atoms with van der Waals surface area (Å²) in [5, 5.41) is 0. The van der Waals surface area contributed by atoms with Crippen molar-refractivity contribution in [2.45, 2.75) is 96.2 Å². The van der Waals surface area contributed by atoms with Gasteiger partial charge in [0.25, 0.3) is 6.71 Å². The van der Waals surface area contributed by atoms with Crippen LogP contribution in [0.2, 0.25) is 0 Å². The van der Waals surface area contributed by atoms with E-state index in [1.165, 1.54) is 104 Å². The molecule has 1 fully saturated rings. The van der Waals surface area contributed by atoms with Gasteiger partial charge in [-0.1, -0.05) is 113 Å². The molecule has 5 heteroatoms. The molecular weight excluding hydrogens is 679 g/mol. The lowest BCUT2D eigenvalue weighted by molar-refractivity contribution is 0.195. The molecule has 0 N–H and O–H groups in total. The summed E-state index contributed by atoms with van der Waals surface area (Å²) in [7, 11) is 0. The summed E-state index contributed by atoms with van der Waals surface area (Å²) in [5.74, 6) is 0. The highest BCUT2D eigenvalue weighted by Gasteiger charge is 2.58. The summed E-state index contributed by atoms with van der Waals surface area (Å²) < 4.78 is 0. The molecular formula is C51H51BN4. The highest BCUT2D eigenvalue weighted by molar-refractivity contribution is 7.00. The second kappa shape index (κ2) is 11.3. The van der Waals surface area contributed by atoms with Crippen LogP contribution in [0.5, 0.6) is 0 Å². The number of benzene rings is 6. The molecule has 0 bridgehead atoms. The zero-order chi connectivity index (χ0) is 38.4. The van der Waals surface area contributed by atoms with Crippen molar-refractivity contribution in [2.75, 3.05) is 19.6 Å². The molecule has 6 aromatic rings. The van der Waals surface area contributed by atoms with Gasteiger partial charge in [-0.2, -0.15) is 0 Å². The molecule has 56 heavy (non-hydrogen) atoms. The summed E-state index contributed by atoms with van der Waals surface area (Å²) in [6.45, 7) is 17.0. The number of hydrogen-bond donors (Lipinski definition) is 0. The van der Waals surface area contributed by atoms with E-state index in [-0.39, 0.29) is 28.7 Å². The lowest BCUT2D eigenvalue weighted by atomic mass is 9.33. The Kier molecular flexibility index (Phi) is 6.86. The normalized spacial score (nSPS) is 22.4. The minimum Gasteiger partial charge on any atom is -0.334 e. The molecule has 11 rings (SSSR count). The predicted octanol–water partition coefficient (Wildman–Crippen LogP) is 11.4. The topological polar surface area (TPSA) is 13.0 Å². The van der Waals surface area contributed by atoms with Crippen molar-refractivity contribution in [3.63, 3.8) is 0 Å². The summed E-state index contributed by atoms with van der Waals surface area (Å²) >= 11 is 0. The van der Waals surface area contributed by atoms with Crippen molar-refractivity contribution in [3.8, 4) is 0 Å². The van der Waals surface area contributed by atoms with Gasteiger partial charge in [-0.15, -0.1) is 0 Å². The van der Waals surface area contributed by atoms with Crippen LogP contribution in [0.15, 0.2) is 133 Å². The number of hydrogen-bond acceptors (Lipinski definition) is 4. The minimum atomic E-state index is -0.359. The van der Waals surface area contributed by atoms with Gasteiger partial charge in [0.15, 0.2) is 0 Å². The fourth-order valence-corrected chi connectivity index (χ4v) is 11.7. The van der Waals surface area contributed by atoms with Crippen LogP contribution in [0.1, 0.15) is 85.3 Å². The van der Waals surface area contributed by atoms with Gasteiger partial charge in [-0.3, -0.25) is 0 Å². The summed E-state index contributed by atoms with van der Waals surface area (Å²) in [6.07, 6.45) is 4.95. The first-order valence-corrected chi connectivity index (χ1v) is 20.8. The Morgan fingerprint density at radius 2 is 1.18 bits per heavy atom. The maximum absolute atomic E-state index is 2.74. The lowest BCUT2D eigenvalue weighted by Crippen LogP contribution is -2.63. The van der Waals surface area contributed by atoms with Gasteiger partial charge in [-0.25, -0.2) is 0 Å².